The molecule has 1 aromatic rings. The normalized spacial score (nSPS) is 11.7. The van der Waals surface area contributed by atoms with Crippen LogP contribution >= 0.6 is 0 Å². The number of hydrogen-bond acceptors (Lipinski definition) is 3. The van der Waals surface area contributed by atoms with Crippen LogP contribution in [0.4, 0.5) is 4.79 Å². The number of carbonyl (C=O) groups is 2. The van der Waals surface area contributed by atoms with Crippen LogP contribution in [-0.2, 0) is 9.53 Å². The molecule has 1 rings (SSSR count). The van der Waals surface area contributed by atoms with Crippen LogP contribution in [0.15, 0.2) is 30.3 Å². The molecule has 0 aliphatic heterocycles. The van der Waals surface area contributed by atoms with Crippen molar-refractivity contribution in [1.29, 1.82) is 0 Å². The molecule has 1 aromatic carbocycles. The third-order valence-corrected chi connectivity index (χ3v) is 3.18. The van der Waals surface area contributed by atoms with Gasteiger partial charge in [0.25, 0.3) is 0 Å². The van der Waals surface area contributed by atoms with Crippen LogP contribution in [0.5, 0.6) is 0 Å². The van der Waals surface area contributed by atoms with Crippen molar-refractivity contribution in [2.75, 3.05) is 13.2 Å². The van der Waals surface area contributed by atoms with Crippen LogP contribution in [0.1, 0.15) is 44.7 Å². The molecule has 21 heavy (non-hydrogen) atoms. The Hall–Kier alpha value is -2.04. The van der Waals surface area contributed by atoms with Crippen LogP contribution in [0.3, 0.4) is 0 Å². The zero-order chi connectivity index (χ0) is 15.7. The van der Waals surface area contributed by atoms with E-state index in [0.29, 0.717) is 6.54 Å². The van der Waals surface area contributed by atoms with Crippen molar-refractivity contribution in [3.63, 3.8) is 0 Å². The first-order valence-electron chi connectivity index (χ1n) is 7.30. The lowest BCUT2D eigenvalue weighted by atomic mass is 10.0. The number of carboxylic acids is 1. The number of carbonyl (C=O) groups excluding carboxylic acids is 1. The van der Waals surface area contributed by atoms with Gasteiger partial charge in [0.15, 0.2) is 0 Å². The van der Waals surface area contributed by atoms with Gasteiger partial charge in [-0.05, 0) is 18.9 Å². The molecular weight excluding hydrogens is 270 g/mol. The van der Waals surface area contributed by atoms with Crippen molar-refractivity contribution >= 4 is 12.1 Å². The second-order valence-electron chi connectivity index (χ2n) is 4.77. The number of rotatable bonds is 8. The van der Waals surface area contributed by atoms with Gasteiger partial charge < -0.3 is 14.7 Å². The fourth-order valence-corrected chi connectivity index (χ4v) is 2.16. The quantitative estimate of drug-likeness (QED) is 0.797. The number of benzene rings is 1. The highest BCUT2D eigenvalue weighted by atomic mass is 16.6. The largest absolute Gasteiger partial charge is 0.481 e. The maximum Gasteiger partial charge on any atom is 0.410 e. The average molecular weight is 293 g/mol. The summed E-state index contributed by atoms with van der Waals surface area (Å²) >= 11 is 0. The Labute approximate surface area is 125 Å². The van der Waals surface area contributed by atoms with Gasteiger partial charge in [-0.15, -0.1) is 0 Å². The third kappa shape index (κ3) is 5.45. The zero-order valence-electron chi connectivity index (χ0n) is 12.6. The number of unbranched alkanes of at least 4 members (excludes halogenated alkanes) is 1. The van der Waals surface area contributed by atoms with Gasteiger partial charge in [-0.1, -0.05) is 43.7 Å². The van der Waals surface area contributed by atoms with E-state index in [0.717, 1.165) is 18.4 Å². The van der Waals surface area contributed by atoms with E-state index in [9.17, 15) is 9.59 Å². The second-order valence-corrected chi connectivity index (χ2v) is 4.77. The summed E-state index contributed by atoms with van der Waals surface area (Å²) in [5.41, 5.74) is 0.809. The van der Waals surface area contributed by atoms with E-state index in [-0.39, 0.29) is 13.0 Å². The first kappa shape index (κ1) is 17.0. The molecule has 0 bridgehead atoms. The highest BCUT2D eigenvalue weighted by Gasteiger charge is 2.27. The van der Waals surface area contributed by atoms with Crippen molar-refractivity contribution < 1.29 is 19.4 Å². The van der Waals surface area contributed by atoms with Gasteiger partial charge in [0.05, 0.1) is 19.1 Å². The molecule has 0 spiro atoms. The molecule has 116 valence electrons. The van der Waals surface area contributed by atoms with E-state index < -0.39 is 18.1 Å². The Kier molecular flexibility index (Phi) is 7.29. The predicted octanol–water partition coefficient (Wildman–Crippen LogP) is 3.46. The van der Waals surface area contributed by atoms with Gasteiger partial charge in [0.2, 0.25) is 0 Å². The highest BCUT2D eigenvalue weighted by Crippen LogP contribution is 2.25. The van der Waals surface area contributed by atoms with Crippen molar-refractivity contribution in [2.45, 2.75) is 39.2 Å². The minimum atomic E-state index is -0.936. The van der Waals surface area contributed by atoms with Gasteiger partial charge in [0.1, 0.15) is 0 Å². The van der Waals surface area contributed by atoms with Crippen LogP contribution in [0.2, 0.25) is 0 Å². The Morgan fingerprint density at radius 1 is 1.24 bits per heavy atom. The summed E-state index contributed by atoms with van der Waals surface area (Å²) in [6, 6.07) is 8.72. The first-order valence-corrected chi connectivity index (χ1v) is 7.30. The second kappa shape index (κ2) is 9.00. The Bertz CT molecular complexity index is 447. The molecule has 1 N–H and O–H groups in total. The zero-order valence-corrected chi connectivity index (χ0v) is 12.6. The molecule has 0 heterocycles. The number of hydrogen-bond donors (Lipinski definition) is 1. The lowest BCUT2D eigenvalue weighted by Gasteiger charge is -2.30. The highest BCUT2D eigenvalue weighted by molar-refractivity contribution is 5.72. The van der Waals surface area contributed by atoms with Crippen molar-refractivity contribution in [3.05, 3.63) is 35.9 Å². The molecule has 0 aliphatic rings. The number of aliphatic carboxylic acids is 1. The summed E-state index contributed by atoms with van der Waals surface area (Å²) in [6.07, 6.45) is 1.14. The molecule has 1 amide bonds. The summed E-state index contributed by atoms with van der Waals surface area (Å²) in [5, 5.41) is 9.15. The van der Waals surface area contributed by atoms with Crippen LogP contribution in [-0.4, -0.2) is 35.2 Å². The number of carboxylic acid groups (broad SMARTS) is 1. The molecule has 1 atom stereocenters. The first-order chi connectivity index (χ1) is 10.1. The van der Waals surface area contributed by atoms with E-state index in [1.54, 1.807) is 6.92 Å². The number of amides is 1. The van der Waals surface area contributed by atoms with E-state index in [1.165, 1.54) is 4.90 Å². The Balaban J connectivity index is 3.03. The standard InChI is InChI=1S/C16H23NO4/c1-3-5-11-17(16(20)21-4-2)14(12-15(18)19)13-9-7-6-8-10-13/h6-10,14H,3-5,11-12H2,1-2H3,(H,18,19). The van der Waals surface area contributed by atoms with Gasteiger partial charge >= 0.3 is 12.1 Å². The fraction of sp³-hybridized carbons (Fsp3) is 0.500. The smallest absolute Gasteiger partial charge is 0.410 e. The summed E-state index contributed by atoms with van der Waals surface area (Å²) in [4.78, 5) is 24.8. The van der Waals surface area contributed by atoms with E-state index in [4.69, 9.17) is 9.84 Å². The maximum absolute atomic E-state index is 12.2. The molecule has 1 unspecified atom stereocenters. The predicted molar refractivity (Wildman–Crippen MR) is 80.1 cm³/mol. The minimum Gasteiger partial charge on any atom is -0.481 e. The van der Waals surface area contributed by atoms with Crippen molar-refractivity contribution in [1.82, 2.24) is 4.90 Å². The lowest BCUT2D eigenvalue weighted by molar-refractivity contribution is -0.138. The third-order valence-electron chi connectivity index (χ3n) is 3.18. The van der Waals surface area contributed by atoms with Crippen LogP contribution in [0, 0.1) is 0 Å². The van der Waals surface area contributed by atoms with Crippen molar-refractivity contribution in [3.8, 4) is 0 Å². The molecule has 0 radical (unpaired) electrons. The molecular formula is C16H23NO4. The topological polar surface area (TPSA) is 66.8 Å². The molecule has 0 fully saturated rings. The fourth-order valence-electron chi connectivity index (χ4n) is 2.16. The average Bonchev–Trinajstić information content (AvgIpc) is 2.47. The lowest BCUT2D eigenvalue weighted by Crippen LogP contribution is -2.37. The van der Waals surface area contributed by atoms with E-state index in [1.807, 2.05) is 37.3 Å². The molecule has 0 saturated heterocycles. The number of ether oxygens (including phenoxy) is 1. The summed E-state index contributed by atoms with van der Waals surface area (Å²) in [5.74, 6) is -0.936. The Morgan fingerprint density at radius 3 is 2.43 bits per heavy atom. The minimum absolute atomic E-state index is 0.132. The summed E-state index contributed by atoms with van der Waals surface area (Å²) in [7, 11) is 0. The molecule has 5 nitrogen and oxygen atoms in total. The van der Waals surface area contributed by atoms with Crippen LogP contribution < -0.4 is 0 Å². The van der Waals surface area contributed by atoms with E-state index in [2.05, 4.69) is 0 Å². The number of nitrogens with zero attached hydrogens (tertiary/aromatic N) is 1. The van der Waals surface area contributed by atoms with Gasteiger partial charge in [0, 0.05) is 6.54 Å². The van der Waals surface area contributed by atoms with Crippen LogP contribution in [0.25, 0.3) is 0 Å². The van der Waals surface area contributed by atoms with Crippen molar-refractivity contribution in [2.24, 2.45) is 0 Å². The molecule has 0 saturated carbocycles. The monoisotopic (exact) mass is 293 g/mol. The molecule has 0 aliphatic carbocycles. The van der Waals surface area contributed by atoms with Gasteiger partial charge in [-0.25, -0.2) is 4.79 Å². The Morgan fingerprint density at radius 2 is 1.90 bits per heavy atom. The van der Waals surface area contributed by atoms with Gasteiger partial charge in [-0.2, -0.15) is 0 Å². The maximum atomic E-state index is 12.2. The molecule has 5 heteroatoms. The summed E-state index contributed by atoms with van der Waals surface area (Å²) < 4.78 is 5.08. The summed E-state index contributed by atoms with van der Waals surface area (Å²) in [6.45, 7) is 4.53. The van der Waals surface area contributed by atoms with Gasteiger partial charge in [-0.3, -0.25) is 4.79 Å². The molecule has 0 aromatic heterocycles. The van der Waals surface area contributed by atoms with E-state index >= 15 is 0 Å². The SMILES string of the molecule is CCCCN(C(=O)OCC)C(CC(=O)O)c1ccccc1.